The van der Waals surface area contributed by atoms with Crippen molar-refractivity contribution in [2.45, 2.75) is 13.3 Å². The highest BCUT2D eigenvalue weighted by Crippen LogP contribution is 2.20. The van der Waals surface area contributed by atoms with Crippen LogP contribution in [0.1, 0.15) is 12.5 Å². The molecule has 2 rings (SSSR count). The molecule has 96 valence electrons. The van der Waals surface area contributed by atoms with Gasteiger partial charge in [0.15, 0.2) is 0 Å². The third-order valence-electron chi connectivity index (χ3n) is 3.40. The minimum atomic E-state index is 0.510. The van der Waals surface area contributed by atoms with Gasteiger partial charge in [0.25, 0.3) is 0 Å². The first-order chi connectivity index (χ1) is 8.85. The molecular weight excluding hydrogens is 220 g/mol. The van der Waals surface area contributed by atoms with Gasteiger partial charge in [-0.05, 0) is 48.3 Å². The molecule has 0 saturated heterocycles. The minimum absolute atomic E-state index is 0.510. The number of nitrogens with one attached hydrogen (secondary N) is 1. The Bertz CT molecular complexity index is 488. The average molecular weight is 242 g/mol. The molecule has 0 aromatic heterocycles. The number of rotatable bonds is 6. The van der Waals surface area contributed by atoms with E-state index in [0.717, 1.165) is 26.1 Å². The Balaban J connectivity index is 2.19. The van der Waals surface area contributed by atoms with E-state index in [-0.39, 0.29) is 0 Å². The van der Waals surface area contributed by atoms with E-state index >= 15 is 0 Å². The van der Waals surface area contributed by atoms with Crippen molar-refractivity contribution in [1.29, 1.82) is 0 Å². The van der Waals surface area contributed by atoms with Gasteiger partial charge in [0.05, 0.1) is 0 Å². The third kappa shape index (κ3) is 3.09. The van der Waals surface area contributed by atoms with Crippen LogP contribution in [0.3, 0.4) is 0 Å². The van der Waals surface area contributed by atoms with Crippen LogP contribution in [-0.4, -0.2) is 19.6 Å². The SMILES string of the molecule is CCNCC(CN)Cc1cccc2ccccc12. The molecule has 1 unspecified atom stereocenters. The number of hydrogen-bond acceptors (Lipinski definition) is 2. The molecule has 0 aliphatic carbocycles. The molecule has 1 atom stereocenters. The largest absolute Gasteiger partial charge is 0.330 e. The second-order valence-electron chi connectivity index (χ2n) is 4.75. The Morgan fingerprint density at radius 1 is 1.11 bits per heavy atom. The first-order valence-corrected chi connectivity index (χ1v) is 6.72. The van der Waals surface area contributed by atoms with Gasteiger partial charge >= 0.3 is 0 Å². The molecule has 0 radical (unpaired) electrons. The fourth-order valence-electron chi connectivity index (χ4n) is 2.37. The maximum atomic E-state index is 5.87. The van der Waals surface area contributed by atoms with Gasteiger partial charge < -0.3 is 11.1 Å². The summed E-state index contributed by atoms with van der Waals surface area (Å²) in [5.74, 6) is 0.510. The van der Waals surface area contributed by atoms with E-state index in [1.54, 1.807) is 0 Å². The van der Waals surface area contributed by atoms with Crippen molar-refractivity contribution in [3.8, 4) is 0 Å². The van der Waals surface area contributed by atoms with Crippen LogP contribution in [0.5, 0.6) is 0 Å². The average Bonchev–Trinajstić information content (AvgIpc) is 2.43. The highest BCUT2D eigenvalue weighted by molar-refractivity contribution is 5.85. The van der Waals surface area contributed by atoms with Crippen LogP contribution in [0.4, 0.5) is 0 Å². The molecule has 3 N–H and O–H groups in total. The monoisotopic (exact) mass is 242 g/mol. The van der Waals surface area contributed by atoms with Gasteiger partial charge in [-0.25, -0.2) is 0 Å². The molecule has 0 bridgehead atoms. The fraction of sp³-hybridized carbons (Fsp3) is 0.375. The predicted molar refractivity (Wildman–Crippen MR) is 78.7 cm³/mol. The van der Waals surface area contributed by atoms with Gasteiger partial charge in [-0.2, -0.15) is 0 Å². The van der Waals surface area contributed by atoms with Crippen molar-refractivity contribution >= 4 is 10.8 Å². The van der Waals surface area contributed by atoms with E-state index in [2.05, 4.69) is 54.7 Å². The Morgan fingerprint density at radius 2 is 1.89 bits per heavy atom. The molecule has 0 fully saturated rings. The van der Waals surface area contributed by atoms with Crippen LogP contribution >= 0.6 is 0 Å². The lowest BCUT2D eigenvalue weighted by Crippen LogP contribution is -2.29. The number of fused-ring (bicyclic) bond motifs is 1. The molecular formula is C16H22N2. The zero-order chi connectivity index (χ0) is 12.8. The topological polar surface area (TPSA) is 38.0 Å². The molecule has 2 aromatic carbocycles. The second-order valence-corrected chi connectivity index (χ2v) is 4.75. The van der Waals surface area contributed by atoms with Crippen LogP contribution in [-0.2, 0) is 6.42 Å². The molecule has 2 heteroatoms. The van der Waals surface area contributed by atoms with Crippen molar-refractivity contribution in [2.24, 2.45) is 11.7 Å². The predicted octanol–water partition coefficient (Wildman–Crippen LogP) is 2.57. The summed E-state index contributed by atoms with van der Waals surface area (Å²) in [5.41, 5.74) is 7.27. The van der Waals surface area contributed by atoms with Crippen LogP contribution in [0.15, 0.2) is 42.5 Å². The maximum Gasteiger partial charge on any atom is -0.000538 e. The summed E-state index contributed by atoms with van der Waals surface area (Å²) in [6.45, 7) is 4.87. The molecule has 2 nitrogen and oxygen atoms in total. The summed E-state index contributed by atoms with van der Waals surface area (Å²) in [7, 11) is 0. The van der Waals surface area contributed by atoms with Crippen molar-refractivity contribution in [3.63, 3.8) is 0 Å². The van der Waals surface area contributed by atoms with E-state index < -0.39 is 0 Å². The Kier molecular flexibility index (Phi) is 4.73. The third-order valence-corrected chi connectivity index (χ3v) is 3.40. The summed E-state index contributed by atoms with van der Waals surface area (Å²) >= 11 is 0. The second kappa shape index (κ2) is 6.53. The highest BCUT2D eigenvalue weighted by atomic mass is 14.9. The zero-order valence-electron chi connectivity index (χ0n) is 11.0. The molecule has 0 spiro atoms. The van der Waals surface area contributed by atoms with Gasteiger partial charge in [-0.1, -0.05) is 49.4 Å². The Hall–Kier alpha value is -1.38. The molecule has 0 aliphatic heterocycles. The van der Waals surface area contributed by atoms with Gasteiger partial charge in [0.1, 0.15) is 0 Å². The summed E-state index contributed by atoms with van der Waals surface area (Å²) < 4.78 is 0. The molecule has 0 aliphatic rings. The van der Waals surface area contributed by atoms with Crippen LogP contribution in [0.25, 0.3) is 10.8 Å². The maximum absolute atomic E-state index is 5.87. The quantitative estimate of drug-likeness (QED) is 0.817. The molecule has 18 heavy (non-hydrogen) atoms. The first-order valence-electron chi connectivity index (χ1n) is 6.72. The molecule has 0 amide bonds. The van der Waals surface area contributed by atoms with E-state index in [4.69, 9.17) is 5.73 Å². The Labute approximate surface area is 109 Å². The van der Waals surface area contributed by atoms with E-state index in [1.165, 1.54) is 16.3 Å². The lowest BCUT2D eigenvalue weighted by Gasteiger charge is -2.16. The summed E-state index contributed by atoms with van der Waals surface area (Å²) in [5, 5.41) is 6.06. The van der Waals surface area contributed by atoms with Crippen LogP contribution in [0.2, 0.25) is 0 Å². The van der Waals surface area contributed by atoms with Gasteiger partial charge in [-0.15, -0.1) is 0 Å². The van der Waals surface area contributed by atoms with Crippen LogP contribution < -0.4 is 11.1 Å². The molecule has 2 aromatic rings. The van der Waals surface area contributed by atoms with Gasteiger partial charge in [0.2, 0.25) is 0 Å². The number of nitrogens with two attached hydrogens (primary N) is 1. The van der Waals surface area contributed by atoms with Gasteiger partial charge in [-0.3, -0.25) is 0 Å². The van der Waals surface area contributed by atoms with E-state index in [9.17, 15) is 0 Å². The van der Waals surface area contributed by atoms with E-state index in [1.807, 2.05) is 0 Å². The van der Waals surface area contributed by atoms with Crippen molar-refractivity contribution < 1.29 is 0 Å². The number of benzene rings is 2. The highest BCUT2D eigenvalue weighted by Gasteiger charge is 2.09. The van der Waals surface area contributed by atoms with E-state index in [0.29, 0.717) is 5.92 Å². The lowest BCUT2D eigenvalue weighted by molar-refractivity contribution is 0.491. The van der Waals surface area contributed by atoms with Crippen molar-refractivity contribution in [3.05, 3.63) is 48.0 Å². The number of hydrogen-bond donors (Lipinski definition) is 2. The normalized spacial score (nSPS) is 12.8. The summed E-state index contributed by atoms with van der Waals surface area (Å²) in [4.78, 5) is 0. The van der Waals surface area contributed by atoms with Crippen molar-refractivity contribution in [1.82, 2.24) is 5.32 Å². The molecule has 0 saturated carbocycles. The minimum Gasteiger partial charge on any atom is -0.330 e. The fourth-order valence-corrected chi connectivity index (χ4v) is 2.37. The molecule has 0 heterocycles. The summed E-state index contributed by atoms with van der Waals surface area (Å²) in [6.07, 6.45) is 1.05. The lowest BCUT2D eigenvalue weighted by atomic mass is 9.95. The summed E-state index contributed by atoms with van der Waals surface area (Å²) in [6, 6.07) is 15.1. The zero-order valence-corrected chi connectivity index (χ0v) is 11.0. The van der Waals surface area contributed by atoms with Crippen LogP contribution in [0, 0.1) is 5.92 Å². The standard InChI is InChI=1S/C16H22N2/c1-2-18-12-13(11-17)10-15-8-5-7-14-6-3-4-9-16(14)15/h3-9,13,18H,2,10-12,17H2,1H3. The smallest absolute Gasteiger partial charge is 0.000538 e. The van der Waals surface area contributed by atoms with Gasteiger partial charge in [0, 0.05) is 0 Å². The van der Waals surface area contributed by atoms with Crippen molar-refractivity contribution in [2.75, 3.05) is 19.6 Å². The first kappa shape index (κ1) is 13.1. The Morgan fingerprint density at radius 3 is 2.67 bits per heavy atom.